The third-order valence-corrected chi connectivity index (χ3v) is 4.07. The Kier molecular flexibility index (Phi) is 7.98. The Morgan fingerprint density at radius 2 is 1.52 bits per heavy atom. The third kappa shape index (κ3) is 6.62. The fourth-order valence-corrected chi connectivity index (χ4v) is 2.84. The zero-order chi connectivity index (χ0) is 15.8. The van der Waals surface area contributed by atoms with E-state index in [2.05, 4.69) is 82.2 Å². The first kappa shape index (κ1) is 18.2. The van der Waals surface area contributed by atoms with Gasteiger partial charge in [-0.2, -0.15) is 0 Å². The summed E-state index contributed by atoms with van der Waals surface area (Å²) in [4.78, 5) is 2.53. The summed E-state index contributed by atoms with van der Waals surface area (Å²) in [6.45, 7) is 13.6. The average Bonchev–Trinajstić information content (AvgIpc) is 2.43. The number of rotatable bonds is 9. The molecule has 0 aromatic heterocycles. The molecule has 2 heteroatoms. The van der Waals surface area contributed by atoms with Gasteiger partial charge >= 0.3 is 0 Å². The van der Waals surface area contributed by atoms with Crippen LogP contribution in [0.1, 0.15) is 52.6 Å². The summed E-state index contributed by atoms with van der Waals surface area (Å²) in [7, 11) is 2.27. The van der Waals surface area contributed by atoms with Gasteiger partial charge in [-0.1, -0.05) is 58.0 Å². The molecule has 1 aromatic rings. The van der Waals surface area contributed by atoms with Crippen LogP contribution in [0.15, 0.2) is 30.3 Å². The molecule has 120 valence electrons. The molecule has 0 saturated heterocycles. The molecule has 1 N–H and O–H groups in total. The fourth-order valence-electron chi connectivity index (χ4n) is 2.84. The largest absolute Gasteiger partial charge is 0.315 e. The molecule has 21 heavy (non-hydrogen) atoms. The summed E-state index contributed by atoms with van der Waals surface area (Å²) in [5.74, 6) is 1.43. The van der Waals surface area contributed by atoms with Crippen LogP contribution in [0.4, 0.5) is 0 Å². The van der Waals surface area contributed by atoms with E-state index < -0.39 is 0 Å². The summed E-state index contributed by atoms with van der Waals surface area (Å²) in [5, 5.41) is 3.63. The Labute approximate surface area is 131 Å². The highest BCUT2D eigenvalue weighted by atomic mass is 15.2. The van der Waals surface area contributed by atoms with E-state index in [0.29, 0.717) is 18.0 Å². The molecule has 0 heterocycles. The van der Waals surface area contributed by atoms with Crippen molar-refractivity contribution in [2.45, 2.75) is 53.1 Å². The predicted octanol–water partition coefficient (Wildman–Crippen LogP) is 4.34. The molecule has 1 aromatic carbocycles. The summed E-state index contributed by atoms with van der Waals surface area (Å²) >= 11 is 0. The molecule has 0 aliphatic heterocycles. The second kappa shape index (κ2) is 9.22. The molecule has 0 fully saturated rings. The highest BCUT2D eigenvalue weighted by Crippen LogP contribution is 2.23. The van der Waals surface area contributed by atoms with Crippen molar-refractivity contribution in [2.75, 3.05) is 20.1 Å². The first-order valence-corrected chi connectivity index (χ1v) is 8.39. The molecule has 0 radical (unpaired) electrons. The number of hydrogen-bond donors (Lipinski definition) is 1. The molecule has 0 bridgehead atoms. The SMILES string of the molecule is CC(C)CNCC(c1ccccc1)N(C)C(C)CC(C)C. The maximum Gasteiger partial charge on any atom is 0.0472 e. The van der Waals surface area contributed by atoms with Crippen LogP contribution in [0.2, 0.25) is 0 Å². The van der Waals surface area contributed by atoms with Crippen molar-refractivity contribution in [1.82, 2.24) is 10.2 Å². The van der Waals surface area contributed by atoms with E-state index in [1.165, 1.54) is 12.0 Å². The Hall–Kier alpha value is -0.860. The van der Waals surface area contributed by atoms with E-state index in [0.717, 1.165) is 19.0 Å². The van der Waals surface area contributed by atoms with Crippen LogP contribution >= 0.6 is 0 Å². The average molecular weight is 290 g/mol. The summed E-state index contributed by atoms with van der Waals surface area (Å²) in [5.41, 5.74) is 1.41. The maximum absolute atomic E-state index is 3.63. The molecule has 2 nitrogen and oxygen atoms in total. The van der Waals surface area contributed by atoms with Crippen LogP contribution < -0.4 is 5.32 Å². The van der Waals surface area contributed by atoms with Gasteiger partial charge in [0.2, 0.25) is 0 Å². The van der Waals surface area contributed by atoms with Crippen LogP contribution in [-0.2, 0) is 0 Å². The van der Waals surface area contributed by atoms with Gasteiger partial charge in [-0.3, -0.25) is 4.90 Å². The first-order valence-electron chi connectivity index (χ1n) is 8.39. The second-order valence-corrected chi connectivity index (χ2v) is 7.12. The number of likely N-dealkylation sites (N-methyl/N-ethyl adjacent to an activating group) is 1. The van der Waals surface area contributed by atoms with E-state index in [1.807, 2.05) is 0 Å². The number of hydrogen-bond acceptors (Lipinski definition) is 2. The first-order chi connectivity index (χ1) is 9.91. The molecular formula is C19H34N2. The van der Waals surface area contributed by atoms with Crippen molar-refractivity contribution in [3.05, 3.63) is 35.9 Å². The summed E-state index contributed by atoms with van der Waals surface area (Å²) < 4.78 is 0. The summed E-state index contributed by atoms with van der Waals surface area (Å²) in [6, 6.07) is 11.9. The topological polar surface area (TPSA) is 15.3 Å². The van der Waals surface area contributed by atoms with Gasteiger partial charge in [0.15, 0.2) is 0 Å². The Morgan fingerprint density at radius 1 is 0.905 bits per heavy atom. The minimum Gasteiger partial charge on any atom is -0.315 e. The van der Waals surface area contributed by atoms with Crippen LogP contribution in [0.25, 0.3) is 0 Å². The third-order valence-electron chi connectivity index (χ3n) is 4.07. The van der Waals surface area contributed by atoms with E-state index in [-0.39, 0.29) is 0 Å². The van der Waals surface area contributed by atoms with Gasteiger partial charge in [0.05, 0.1) is 0 Å². The van der Waals surface area contributed by atoms with Gasteiger partial charge in [-0.05, 0) is 44.3 Å². The van der Waals surface area contributed by atoms with Crippen LogP contribution in [-0.4, -0.2) is 31.1 Å². The quantitative estimate of drug-likeness (QED) is 0.728. The van der Waals surface area contributed by atoms with Gasteiger partial charge < -0.3 is 5.32 Å². The van der Waals surface area contributed by atoms with Crippen LogP contribution in [0, 0.1) is 11.8 Å². The van der Waals surface area contributed by atoms with Gasteiger partial charge in [0.1, 0.15) is 0 Å². The lowest BCUT2D eigenvalue weighted by Gasteiger charge is -2.35. The number of nitrogens with zero attached hydrogens (tertiary/aromatic N) is 1. The number of benzene rings is 1. The minimum atomic E-state index is 0.443. The standard InChI is InChI=1S/C19H34N2/c1-15(2)12-17(5)21(6)19(14-20-13-16(3)4)18-10-8-7-9-11-18/h7-11,15-17,19-20H,12-14H2,1-6H3. The molecule has 0 aliphatic carbocycles. The van der Waals surface area contributed by atoms with E-state index >= 15 is 0 Å². The predicted molar refractivity (Wildman–Crippen MR) is 93.6 cm³/mol. The van der Waals surface area contributed by atoms with Crippen molar-refractivity contribution < 1.29 is 0 Å². The zero-order valence-corrected chi connectivity index (χ0v) is 14.8. The second-order valence-electron chi connectivity index (χ2n) is 7.12. The molecule has 0 saturated carbocycles. The van der Waals surface area contributed by atoms with Gasteiger partial charge in [-0.25, -0.2) is 0 Å². The Balaban J connectivity index is 2.76. The van der Waals surface area contributed by atoms with Gasteiger partial charge in [-0.15, -0.1) is 0 Å². The maximum atomic E-state index is 3.63. The number of nitrogens with one attached hydrogen (secondary N) is 1. The molecule has 2 atom stereocenters. The van der Waals surface area contributed by atoms with Gasteiger partial charge in [0.25, 0.3) is 0 Å². The Bertz CT molecular complexity index is 372. The van der Waals surface area contributed by atoms with Gasteiger partial charge in [0, 0.05) is 18.6 Å². The van der Waals surface area contributed by atoms with Crippen LogP contribution in [0.3, 0.4) is 0 Å². The van der Waals surface area contributed by atoms with E-state index in [9.17, 15) is 0 Å². The minimum absolute atomic E-state index is 0.443. The lowest BCUT2D eigenvalue weighted by Crippen LogP contribution is -2.40. The van der Waals surface area contributed by atoms with Crippen LogP contribution in [0.5, 0.6) is 0 Å². The van der Waals surface area contributed by atoms with Crippen molar-refractivity contribution >= 4 is 0 Å². The van der Waals surface area contributed by atoms with E-state index in [1.54, 1.807) is 0 Å². The highest BCUT2D eigenvalue weighted by Gasteiger charge is 2.21. The molecule has 0 aliphatic rings. The molecule has 0 amide bonds. The molecule has 2 unspecified atom stereocenters. The van der Waals surface area contributed by atoms with Crippen molar-refractivity contribution in [3.8, 4) is 0 Å². The Morgan fingerprint density at radius 3 is 2.05 bits per heavy atom. The monoisotopic (exact) mass is 290 g/mol. The van der Waals surface area contributed by atoms with Crippen molar-refractivity contribution in [2.24, 2.45) is 11.8 Å². The smallest absolute Gasteiger partial charge is 0.0472 e. The molecular weight excluding hydrogens is 256 g/mol. The molecule has 0 spiro atoms. The fraction of sp³-hybridized carbons (Fsp3) is 0.684. The van der Waals surface area contributed by atoms with E-state index in [4.69, 9.17) is 0 Å². The zero-order valence-electron chi connectivity index (χ0n) is 14.8. The lowest BCUT2D eigenvalue weighted by atomic mass is 9.99. The lowest BCUT2D eigenvalue weighted by molar-refractivity contribution is 0.161. The van der Waals surface area contributed by atoms with Crippen molar-refractivity contribution in [1.29, 1.82) is 0 Å². The normalized spacial score (nSPS) is 14.9. The highest BCUT2D eigenvalue weighted by molar-refractivity contribution is 5.19. The summed E-state index contributed by atoms with van der Waals surface area (Å²) in [6.07, 6.45) is 1.24. The molecule has 1 rings (SSSR count). The van der Waals surface area contributed by atoms with Crippen molar-refractivity contribution in [3.63, 3.8) is 0 Å².